The van der Waals surface area contributed by atoms with Crippen LogP contribution in [0.15, 0.2) is 36.4 Å². The van der Waals surface area contributed by atoms with Crippen LogP contribution in [0.4, 0.5) is 16.2 Å². The van der Waals surface area contributed by atoms with Crippen molar-refractivity contribution in [1.82, 2.24) is 9.80 Å². The molecule has 2 aliphatic heterocycles. The zero-order chi connectivity index (χ0) is 28.9. The second kappa shape index (κ2) is 13.0. The van der Waals surface area contributed by atoms with Crippen molar-refractivity contribution in [2.24, 2.45) is 11.8 Å². The number of ether oxygens (including phenoxy) is 3. The molecule has 1 fully saturated rings. The number of amides is 3. The number of nitrogens with zero attached hydrogens (tertiary/aromatic N) is 2. The molecule has 5 rings (SSSR count). The van der Waals surface area contributed by atoms with Gasteiger partial charge in [-0.25, -0.2) is 4.79 Å². The number of para-hydroxylation sites is 1. The molecule has 3 aliphatic rings. The first-order valence-electron chi connectivity index (χ1n) is 14.7. The van der Waals surface area contributed by atoms with Gasteiger partial charge in [-0.15, -0.1) is 0 Å². The lowest BCUT2D eigenvalue weighted by Gasteiger charge is -2.39. The van der Waals surface area contributed by atoms with Crippen LogP contribution in [0.2, 0.25) is 0 Å². The number of rotatable bonds is 8. The molecular formula is C31H42N4O6. The van der Waals surface area contributed by atoms with E-state index in [2.05, 4.69) is 29.5 Å². The highest BCUT2D eigenvalue weighted by Gasteiger charge is 2.35. The fraction of sp³-hybridized carbons (Fsp3) is 0.548. The molecule has 0 aromatic heterocycles. The molecule has 2 aromatic rings. The first-order valence-corrected chi connectivity index (χ1v) is 14.7. The summed E-state index contributed by atoms with van der Waals surface area (Å²) in [5.41, 5.74) is 1.30. The van der Waals surface area contributed by atoms with Gasteiger partial charge in [0.2, 0.25) is 6.79 Å². The van der Waals surface area contributed by atoms with Gasteiger partial charge in [0.25, 0.3) is 5.91 Å². The molecule has 0 unspecified atom stereocenters. The van der Waals surface area contributed by atoms with Crippen molar-refractivity contribution in [3.8, 4) is 17.2 Å². The molecule has 10 nitrogen and oxygen atoms in total. The average Bonchev–Trinajstić information content (AvgIpc) is 3.43. The summed E-state index contributed by atoms with van der Waals surface area (Å²) in [4.78, 5) is 30.9. The predicted molar refractivity (Wildman–Crippen MR) is 157 cm³/mol. The van der Waals surface area contributed by atoms with Crippen molar-refractivity contribution in [2.75, 3.05) is 50.7 Å². The standard InChI is InChI=1S/C31H42N4O6/c1-20-15-35(21(2)18-36)30(37)24-10-7-11-25(33-31(38)32-23-12-13-26-27(14-23)40-19-39-26)29(24)41-28(20)17-34(3)16-22-8-5-4-6-9-22/h7,10-14,20-22,28,36H,4-6,8-9,15-19H2,1-3H3,(H2,32,33,38)/t20-,21-,28+/m1/s1. The van der Waals surface area contributed by atoms with Crippen molar-refractivity contribution in [2.45, 2.75) is 58.1 Å². The Balaban J connectivity index is 1.38. The molecule has 2 heterocycles. The van der Waals surface area contributed by atoms with E-state index in [1.807, 2.05) is 6.92 Å². The van der Waals surface area contributed by atoms with E-state index in [9.17, 15) is 14.7 Å². The number of anilines is 2. The first-order chi connectivity index (χ1) is 19.8. The second-order valence-electron chi connectivity index (χ2n) is 11.7. The van der Waals surface area contributed by atoms with Crippen molar-refractivity contribution in [1.29, 1.82) is 0 Å². The molecule has 3 atom stereocenters. The number of benzene rings is 2. The number of urea groups is 1. The zero-order valence-corrected chi connectivity index (χ0v) is 24.2. The minimum absolute atomic E-state index is 0.00887. The number of hydrogen-bond acceptors (Lipinski definition) is 7. The minimum atomic E-state index is -0.477. The van der Waals surface area contributed by atoms with E-state index < -0.39 is 6.03 Å². The first kappa shape index (κ1) is 29.0. The fourth-order valence-corrected chi connectivity index (χ4v) is 6.01. The number of carbonyl (C=O) groups is 2. The summed E-state index contributed by atoms with van der Waals surface area (Å²) in [6, 6.07) is 9.52. The van der Waals surface area contributed by atoms with E-state index in [1.165, 1.54) is 32.1 Å². The smallest absolute Gasteiger partial charge is 0.323 e. The Hall–Kier alpha value is -3.50. The molecule has 41 heavy (non-hydrogen) atoms. The monoisotopic (exact) mass is 566 g/mol. The van der Waals surface area contributed by atoms with Gasteiger partial charge >= 0.3 is 6.03 Å². The Kier molecular flexibility index (Phi) is 9.19. The van der Waals surface area contributed by atoms with Gasteiger partial charge in [-0.1, -0.05) is 32.3 Å². The predicted octanol–water partition coefficient (Wildman–Crippen LogP) is 4.79. The molecule has 1 aliphatic carbocycles. The van der Waals surface area contributed by atoms with Crippen LogP contribution in [0, 0.1) is 11.8 Å². The van der Waals surface area contributed by atoms with Crippen LogP contribution in [0.3, 0.4) is 0 Å². The normalized spacial score (nSPS) is 21.5. The number of aliphatic hydroxyl groups excluding tert-OH is 1. The van der Waals surface area contributed by atoms with E-state index in [4.69, 9.17) is 14.2 Å². The summed E-state index contributed by atoms with van der Waals surface area (Å²) in [6.45, 7) is 6.08. The van der Waals surface area contributed by atoms with Gasteiger partial charge in [-0.3, -0.25) is 4.79 Å². The lowest BCUT2D eigenvalue weighted by atomic mass is 9.89. The van der Waals surface area contributed by atoms with Crippen LogP contribution in [0.25, 0.3) is 0 Å². The summed E-state index contributed by atoms with van der Waals surface area (Å²) >= 11 is 0. The fourth-order valence-electron chi connectivity index (χ4n) is 6.01. The van der Waals surface area contributed by atoms with Crippen molar-refractivity contribution in [3.05, 3.63) is 42.0 Å². The Bertz CT molecular complexity index is 1230. The third-order valence-corrected chi connectivity index (χ3v) is 8.36. The van der Waals surface area contributed by atoms with Gasteiger partial charge in [0.1, 0.15) is 6.10 Å². The van der Waals surface area contributed by atoms with Crippen molar-refractivity contribution < 1.29 is 28.9 Å². The summed E-state index contributed by atoms with van der Waals surface area (Å²) < 4.78 is 17.4. The Labute approximate surface area is 241 Å². The van der Waals surface area contributed by atoms with E-state index in [1.54, 1.807) is 41.3 Å². The maximum atomic E-state index is 13.7. The SMILES string of the molecule is C[C@@H]1CN([C@H](C)CO)C(=O)c2cccc(NC(=O)Nc3ccc4c(c3)OCO4)c2O[C@H]1CN(C)CC1CCCCC1. The number of nitrogens with one attached hydrogen (secondary N) is 2. The van der Waals surface area contributed by atoms with Crippen LogP contribution in [-0.4, -0.2) is 79.1 Å². The van der Waals surface area contributed by atoms with E-state index >= 15 is 0 Å². The summed E-state index contributed by atoms with van der Waals surface area (Å²) in [6.07, 6.45) is 6.20. The molecule has 0 saturated heterocycles. The molecule has 10 heteroatoms. The van der Waals surface area contributed by atoms with Crippen molar-refractivity contribution >= 4 is 23.3 Å². The molecular weight excluding hydrogens is 524 g/mol. The third-order valence-electron chi connectivity index (χ3n) is 8.36. The van der Waals surface area contributed by atoms with E-state index in [-0.39, 0.29) is 37.4 Å². The number of likely N-dealkylation sites (N-methyl/N-ethyl adjacent to an activating group) is 1. The van der Waals surface area contributed by atoms with E-state index in [0.717, 1.165) is 6.54 Å². The highest BCUT2D eigenvalue weighted by atomic mass is 16.7. The molecule has 3 amide bonds. The molecule has 0 radical (unpaired) electrons. The summed E-state index contributed by atoms with van der Waals surface area (Å²) in [5, 5.41) is 15.7. The quantitative estimate of drug-likeness (QED) is 0.421. The molecule has 0 bridgehead atoms. The summed E-state index contributed by atoms with van der Waals surface area (Å²) in [5.74, 6) is 1.98. The van der Waals surface area contributed by atoms with Gasteiger partial charge in [0.15, 0.2) is 17.2 Å². The third kappa shape index (κ3) is 6.87. The van der Waals surface area contributed by atoms with Crippen LogP contribution >= 0.6 is 0 Å². The molecule has 222 valence electrons. The second-order valence-corrected chi connectivity index (χ2v) is 11.7. The van der Waals surface area contributed by atoms with Gasteiger partial charge < -0.3 is 39.8 Å². The number of carbonyl (C=O) groups excluding carboxylic acids is 2. The Morgan fingerprint density at radius 2 is 1.88 bits per heavy atom. The van der Waals surface area contributed by atoms with Gasteiger partial charge in [0, 0.05) is 37.3 Å². The topological polar surface area (TPSA) is 113 Å². The molecule has 1 saturated carbocycles. The Morgan fingerprint density at radius 1 is 1.10 bits per heavy atom. The maximum absolute atomic E-state index is 13.7. The largest absolute Gasteiger partial charge is 0.486 e. The highest BCUT2D eigenvalue weighted by Crippen LogP contribution is 2.36. The highest BCUT2D eigenvalue weighted by molar-refractivity contribution is 6.04. The van der Waals surface area contributed by atoms with Gasteiger partial charge in [-0.05, 0) is 57.0 Å². The van der Waals surface area contributed by atoms with Gasteiger partial charge in [0.05, 0.1) is 23.9 Å². The average molecular weight is 567 g/mol. The van der Waals surface area contributed by atoms with Crippen LogP contribution < -0.4 is 24.8 Å². The number of hydrogen-bond donors (Lipinski definition) is 3. The lowest BCUT2D eigenvalue weighted by Crippen LogP contribution is -2.50. The molecule has 0 spiro atoms. The Morgan fingerprint density at radius 3 is 2.66 bits per heavy atom. The van der Waals surface area contributed by atoms with E-state index in [0.29, 0.717) is 53.2 Å². The van der Waals surface area contributed by atoms with Crippen LogP contribution in [0.5, 0.6) is 17.2 Å². The molecule has 2 aromatic carbocycles. The molecule has 3 N–H and O–H groups in total. The van der Waals surface area contributed by atoms with Crippen molar-refractivity contribution in [3.63, 3.8) is 0 Å². The lowest BCUT2D eigenvalue weighted by molar-refractivity contribution is 0.0333. The number of aliphatic hydroxyl groups is 1. The summed E-state index contributed by atoms with van der Waals surface area (Å²) in [7, 11) is 2.13. The van der Waals surface area contributed by atoms with Crippen LogP contribution in [-0.2, 0) is 0 Å². The van der Waals surface area contributed by atoms with Crippen LogP contribution in [0.1, 0.15) is 56.3 Å². The zero-order valence-electron chi connectivity index (χ0n) is 24.2. The number of fused-ring (bicyclic) bond motifs is 2. The van der Waals surface area contributed by atoms with Gasteiger partial charge in [-0.2, -0.15) is 0 Å². The maximum Gasteiger partial charge on any atom is 0.323 e. The minimum Gasteiger partial charge on any atom is -0.486 e.